The number of hydrogen-bond acceptors (Lipinski definition) is 5. The highest BCUT2D eigenvalue weighted by atomic mass is 16.2. The van der Waals surface area contributed by atoms with Gasteiger partial charge in [0.05, 0.1) is 23.8 Å². The Hall–Kier alpha value is -1.96. The molecule has 128 valence electrons. The minimum absolute atomic E-state index is 0.0193. The number of nitrogens with zero attached hydrogens (tertiary/aromatic N) is 3. The van der Waals surface area contributed by atoms with Gasteiger partial charge >= 0.3 is 0 Å². The zero-order valence-corrected chi connectivity index (χ0v) is 14.2. The Bertz CT molecular complexity index is 568. The van der Waals surface area contributed by atoms with E-state index in [-0.39, 0.29) is 23.9 Å². The molecule has 0 aliphatic carbocycles. The lowest BCUT2D eigenvalue weighted by molar-refractivity contribution is -0.123. The van der Waals surface area contributed by atoms with E-state index < -0.39 is 5.54 Å². The Balaban J connectivity index is 2.02. The van der Waals surface area contributed by atoms with E-state index >= 15 is 0 Å². The molecule has 1 fully saturated rings. The smallest absolute Gasteiger partial charge is 0.237 e. The van der Waals surface area contributed by atoms with Crippen LogP contribution in [0, 0.1) is 0 Å². The van der Waals surface area contributed by atoms with Crippen molar-refractivity contribution < 1.29 is 9.59 Å². The number of rotatable bonds is 6. The van der Waals surface area contributed by atoms with E-state index in [1.807, 2.05) is 33.9 Å². The number of carbonyl (C=O) groups excluding carboxylic acids is 2. The topological polar surface area (TPSA) is 101 Å². The van der Waals surface area contributed by atoms with Crippen molar-refractivity contribution in [2.24, 2.45) is 0 Å². The molecular weight excluding hydrogens is 296 g/mol. The van der Waals surface area contributed by atoms with E-state index in [9.17, 15) is 9.59 Å². The van der Waals surface area contributed by atoms with E-state index in [0.717, 1.165) is 0 Å². The molecule has 8 heteroatoms. The third-order valence-electron chi connectivity index (χ3n) is 4.07. The minimum Gasteiger partial charge on any atom is -0.355 e. The largest absolute Gasteiger partial charge is 0.355 e. The fourth-order valence-electron chi connectivity index (χ4n) is 2.66. The van der Waals surface area contributed by atoms with Gasteiger partial charge in [-0.2, -0.15) is 0 Å². The van der Waals surface area contributed by atoms with E-state index in [4.69, 9.17) is 0 Å². The Morgan fingerprint density at radius 3 is 2.83 bits per heavy atom. The molecule has 2 atom stereocenters. The summed E-state index contributed by atoms with van der Waals surface area (Å²) in [5.41, 5.74) is 0.136. The summed E-state index contributed by atoms with van der Waals surface area (Å²) in [6.07, 6.45) is 2.96. The first-order valence-corrected chi connectivity index (χ1v) is 8.11. The number of aromatic nitrogens is 3. The number of hydrogen-bond donors (Lipinski definition) is 3. The van der Waals surface area contributed by atoms with Gasteiger partial charge in [0.15, 0.2) is 0 Å². The van der Waals surface area contributed by atoms with Crippen molar-refractivity contribution in [3.8, 4) is 0 Å². The van der Waals surface area contributed by atoms with Crippen LogP contribution in [0.1, 0.15) is 52.3 Å². The zero-order valence-electron chi connectivity index (χ0n) is 14.2. The molecule has 1 aliphatic rings. The number of amides is 2. The lowest BCUT2D eigenvalue weighted by Gasteiger charge is -2.23. The van der Waals surface area contributed by atoms with Crippen molar-refractivity contribution in [2.45, 2.75) is 58.2 Å². The molecule has 23 heavy (non-hydrogen) atoms. The summed E-state index contributed by atoms with van der Waals surface area (Å²) in [6, 6.07) is -0.109. The molecule has 2 rings (SSSR count). The van der Waals surface area contributed by atoms with Gasteiger partial charge in [-0.3, -0.25) is 9.59 Å². The predicted molar refractivity (Wildman–Crippen MR) is 85.6 cm³/mol. The first kappa shape index (κ1) is 17.4. The van der Waals surface area contributed by atoms with E-state index in [1.165, 1.54) is 0 Å². The molecule has 1 saturated heterocycles. The van der Waals surface area contributed by atoms with Crippen LogP contribution in [0.4, 0.5) is 0 Å². The maximum Gasteiger partial charge on any atom is 0.237 e. The van der Waals surface area contributed by atoms with Gasteiger partial charge in [0.25, 0.3) is 0 Å². The summed E-state index contributed by atoms with van der Waals surface area (Å²) < 4.78 is 1.78. The molecule has 1 aliphatic heterocycles. The molecular formula is C15H26N6O2. The molecule has 0 saturated carbocycles. The van der Waals surface area contributed by atoms with Crippen LogP contribution >= 0.6 is 0 Å². The average Bonchev–Trinajstić information content (AvgIpc) is 3.16. The quantitative estimate of drug-likeness (QED) is 0.688. The molecule has 0 unspecified atom stereocenters. The average molecular weight is 322 g/mol. The van der Waals surface area contributed by atoms with Crippen LogP contribution < -0.4 is 16.0 Å². The third kappa shape index (κ3) is 4.07. The number of carbonyl (C=O) groups is 2. The molecule has 0 aromatic carbocycles. The van der Waals surface area contributed by atoms with Gasteiger partial charge in [-0.05, 0) is 27.2 Å². The van der Waals surface area contributed by atoms with Crippen LogP contribution in [-0.2, 0) is 15.1 Å². The van der Waals surface area contributed by atoms with Crippen LogP contribution in [0.3, 0.4) is 0 Å². The maximum atomic E-state index is 11.9. The normalized spacial score (nSPS) is 21.2. The number of nitrogens with one attached hydrogen (secondary N) is 3. The van der Waals surface area contributed by atoms with Crippen molar-refractivity contribution in [2.75, 3.05) is 13.1 Å². The lowest BCUT2D eigenvalue weighted by Crippen LogP contribution is -2.41. The summed E-state index contributed by atoms with van der Waals surface area (Å²) in [6.45, 7) is 8.82. The summed E-state index contributed by atoms with van der Waals surface area (Å²) in [5.74, 6) is -0.00531. The van der Waals surface area contributed by atoms with E-state index in [0.29, 0.717) is 31.6 Å². The van der Waals surface area contributed by atoms with Crippen LogP contribution in [0.5, 0.6) is 0 Å². The molecule has 3 N–H and O–H groups in total. The second-order valence-electron chi connectivity index (χ2n) is 6.36. The van der Waals surface area contributed by atoms with Crippen molar-refractivity contribution in [1.82, 2.24) is 30.9 Å². The van der Waals surface area contributed by atoms with Gasteiger partial charge in [-0.15, -0.1) is 5.10 Å². The van der Waals surface area contributed by atoms with Crippen molar-refractivity contribution >= 4 is 11.8 Å². The first-order valence-electron chi connectivity index (χ1n) is 8.11. The highest BCUT2D eigenvalue weighted by Gasteiger charge is 2.32. The Kier molecular flexibility index (Phi) is 5.35. The van der Waals surface area contributed by atoms with Crippen LogP contribution in [0.25, 0.3) is 0 Å². The summed E-state index contributed by atoms with van der Waals surface area (Å²) in [5, 5.41) is 17.3. The molecule has 8 nitrogen and oxygen atoms in total. The van der Waals surface area contributed by atoms with Gasteiger partial charge in [0.2, 0.25) is 11.8 Å². The van der Waals surface area contributed by atoms with E-state index in [2.05, 4.69) is 26.3 Å². The van der Waals surface area contributed by atoms with Gasteiger partial charge in [0, 0.05) is 19.5 Å². The molecule has 0 radical (unpaired) electrons. The fraction of sp³-hybridized carbons (Fsp3) is 0.733. The van der Waals surface area contributed by atoms with Crippen molar-refractivity contribution in [3.63, 3.8) is 0 Å². The van der Waals surface area contributed by atoms with Gasteiger partial charge in [0.1, 0.15) is 5.69 Å². The highest BCUT2D eigenvalue weighted by molar-refractivity contribution is 5.82. The van der Waals surface area contributed by atoms with Gasteiger partial charge in [-0.25, -0.2) is 4.68 Å². The van der Waals surface area contributed by atoms with Crippen LogP contribution in [0.2, 0.25) is 0 Å². The molecule has 2 amide bonds. The van der Waals surface area contributed by atoms with E-state index in [1.54, 1.807) is 4.68 Å². The molecule has 0 spiro atoms. The molecule has 1 aromatic rings. The van der Waals surface area contributed by atoms with Gasteiger partial charge < -0.3 is 16.0 Å². The molecule has 2 heterocycles. The van der Waals surface area contributed by atoms with Crippen LogP contribution in [0.15, 0.2) is 6.20 Å². The predicted octanol–water partition coefficient (Wildman–Crippen LogP) is 0.0785. The van der Waals surface area contributed by atoms with Crippen LogP contribution in [-0.4, -0.2) is 45.9 Å². The summed E-state index contributed by atoms with van der Waals surface area (Å²) in [4.78, 5) is 23.5. The minimum atomic E-state index is -0.573. The Morgan fingerprint density at radius 2 is 2.17 bits per heavy atom. The number of likely N-dealkylation sites (N-methyl/N-ethyl adjacent to an activating group) is 1. The second kappa shape index (κ2) is 7.08. The monoisotopic (exact) mass is 322 g/mol. The lowest BCUT2D eigenvalue weighted by atomic mass is 10.0. The van der Waals surface area contributed by atoms with Crippen molar-refractivity contribution in [1.29, 1.82) is 0 Å². The van der Waals surface area contributed by atoms with Gasteiger partial charge in [-0.1, -0.05) is 12.1 Å². The second-order valence-corrected chi connectivity index (χ2v) is 6.36. The zero-order chi connectivity index (χ0) is 17.0. The summed E-state index contributed by atoms with van der Waals surface area (Å²) >= 11 is 0. The standard InChI is InChI=1S/C15H26N6O2/c1-5-13(22)18-15(3,4)12-9-21(20-19-12)10-7-11(17-8-10)14(23)16-6-2/h9-11,17H,5-8H2,1-4H3,(H,16,23)(H,18,22)/t10-,11+/m1/s1. The summed E-state index contributed by atoms with van der Waals surface area (Å²) in [7, 11) is 0. The Morgan fingerprint density at radius 1 is 1.43 bits per heavy atom. The molecule has 0 bridgehead atoms. The third-order valence-corrected chi connectivity index (χ3v) is 4.07. The maximum absolute atomic E-state index is 11.9. The molecule has 1 aromatic heterocycles. The highest BCUT2D eigenvalue weighted by Crippen LogP contribution is 2.22. The van der Waals surface area contributed by atoms with Crippen molar-refractivity contribution in [3.05, 3.63) is 11.9 Å². The fourth-order valence-corrected chi connectivity index (χ4v) is 2.66. The Labute approximate surface area is 136 Å². The first-order chi connectivity index (χ1) is 10.9. The SMILES string of the molecule is CCNC(=O)[C@@H]1C[C@@H](n2cc(C(C)(C)NC(=O)CC)nn2)CN1.